The van der Waals surface area contributed by atoms with E-state index >= 15 is 0 Å². The van der Waals surface area contributed by atoms with E-state index in [1.807, 2.05) is 23.1 Å². The molecule has 19 heavy (non-hydrogen) atoms. The molecule has 3 heteroatoms. The average Bonchev–Trinajstić information content (AvgIpc) is 2.85. The van der Waals surface area contributed by atoms with E-state index in [2.05, 4.69) is 26.0 Å². The van der Waals surface area contributed by atoms with Crippen molar-refractivity contribution in [3.63, 3.8) is 0 Å². The minimum atomic E-state index is -0.0218. The fraction of sp³-hybridized carbons (Fsp3) is 0.562. The molecule has 2 heterocycles. The zero-order valence-corrected chi connectivity index (χ0v) is 11.6. The summed E-state index contributed by atoms with van der Waals surface area (Å²) in [6, 6.07) is 10.3. The summed E-state index contributed by atoms with van der Waals surface area (Å²) in [5.74, 6) is 1.13. The van der Waals surface area contributed by atoms with Crippen molar-refractivity contribution in [3.8, 4) is 0 Å². The van der Waals surface area contributed by atoms with Crippen LogP contribution in [0.25, 0.3) is 0 Å². The van der Waals surface area contributed by atoms with Crippen LogP contribution in [0.3, 0.4) is 0 Å². The second-order valence-electron chi connectivity index (χ2n) is 5.70. The third-order valence-electron chi connectivity index (χ3n) is 4.57. The highest BCUT2D eigenvalue weighted by molar-refractivity contribution is 5.78. The lowest BCUT2D eigenvalue weighted by molar-refractivity contribution is -0.151. The molecule has 102 valence electrons. The number of ether oxygens (including phenoxy) is 1. The largest absolute Gasteiger partial charge is 0.355 e. The molecule has 2 saturated heterocycles. The average molecular weight is 259 g/mol. The zero-order chi connectivity index (χ0) is 13.4. The molecule has 0 aromatic heterocycles. The van der Waals surface area contributed by atoms with Crippen molar-refractivity contribution in [3.05, 3.63) is 35.9 Å². The Bertz CT molecular complexity index is 459. The number of amides is 1. The first-order valence-electron chi connectivity index (χ1n) is 7.20. The summed E-state index contributed by atoms with van der Waals surface area (Å²) in [5, 5.41) is 0. The molecule has 0 unspecified atom stereocenters. The minimum Gasteiger partial charge on any atom is -0.355 e. The second kappa shape index (κ2) is 4.97. The van der Waals surface area contributed by atoms with Crippen LogP contribution < -0.4 is 0 Å². The van der Waals surface area contributed by atoms with Gasteiger partial charge in [0.15, 0.2) is 0 Å². The van der Waals surface area contributed by atoms with Crippen LogP contribution in [-0.2, 0) is 9.53 Å². The molecule has 4 atom stereocenters. The van der Waals surface area contributed by atoms with Crippen LogP contribution in [0.2, 0.25) is 0 Å². The third-order valence-corrected chi connectivity index (χ3v) is 4.57. The number of fused-ring (bicyclic) bond motifs is 1. The van der Waals surface area contributed by atoms with Crippen LogP contribution >= 0.6 is 0 Å². The van der Waals surface area contributed by atoms with Crippen molar-refractivity contribution in [1.29, 1.82) is 0 Å². The summed E-state index contributed by atoms with van der Waals surface area (Å²) >= 11 is 0. The molecule has 0 saturated carbocycles. The van der Waals surface area contributed by atoms with Gasteiger partial charge in [0.25, 0.3) is 0 Å². The van der Waals surface area contributed by atoms with Gasteiger partial charge in [-0.1, -0.05) is 44.2 Å². The normalized spacial score (nSPS) is 34.4. The minimum absolute atomic E-state index is 0.0218. The highest BCUT2D eigenvalue weighted by Crippen LogP contribution is 2.42. The lowest BCUT2D eigenvalue weighted by Gasteiger charge is -2.40. The molecular formula is C16H21NO2. The van der Waals surface area contributed by atoms with E-state index in [9.17, 15) is 4.79 Å². The molecule has 0 N–H and O–H groups in total. The Hall–Kier alpha value is -1.35. The summed E-state index contributed by atoms with van der Waals surface area (Å²) in [7, 11) is 0. The molecule has 0 aliphatic carbocycles. The Morgan fingerprint density at radius 1 is 1.32 bits per heavy atom. The molecule has 2 aliphatic rings. The maximum atomic E-state index is 12.4. The van der Waals surface area contributed by atoms with Crippen molar-refractivity contribution in [2.75, 3.05) is 6.61 Å². The molecule has 0 bridgehead atoms. The van der Waals surface area contributed by atoms with Crippen molar-refractivity contribution in [2.45, 2.75) is 39.0 Å². The molecule has 1 aromatic carbocycles. The number of piperidine rings is 1. The van der Waals surface area contributed by atoms with E-state index in [1.54, 1.807) is 0 Å². The van der Waals surface area contributed by atoms with Gasteiger partial charge < -0.3 is 9.64 Å². The van der Waals surface area contributed by atoms with Gasteiger partial charge in [-0.15, -0.1) is 0 Å². The summed E-state index contributed by atoms with van der Waals surface area (Å²) in [4.78, 5) is 14.4. The van der Waals surface area contributed by atoms with Crippen LogP contribution in [-0.4, -0.2) is 23.6 Å². The second-order valence-corrected chi connectivity index (χ2v) is 5.70. The van der Waals surface area contributed by atoms with Gasteiger partial charge in [0.1, 0.15) is 6.23 Å². The number of hydrogen-bond acceptors (Lipinski definition) is 2. The smallest absolute Gasteiger partial charge is 0.225 e. The van der Waals surface area contributed by atoms with Gasteiger partial charge in [0.05, 0.1) is 12.6 Å². The van der Waals surface area contributed by atoms with Gasteiger partial charge in [-0.3, -0.25) is 4.79 Å². The molecule has 0 radical (unpaired) electrons. The Kier molecular flexibility index (Phi) is 3.31. The van der Waals surface area contributed by atoms with E-state index < -0.39 is 0 Å². The van der Waals surface area contributed by atoms with Crippen molar-refractivity contribution < 1.29 is 9.53 Å². The van der Waals surface area contributed by atoms with Crippen LogP contribution in [0.5, 0.6) is 0 Å². The highest BCUT2D eigenvalue weighted by atomic mass is 16.5. The van der Waals surface area contributed by atoms with Crippen molar-refractivity contribution in [2.24, 2.45) is 11.8 Å². The summed E-state index contributed by atoms with van der Waals surface area (Å²) in [5.41, 5.74) is 1.18. The SMILES string of the molecule is CC[C@H]1[C@H](C)CC(=O)N2[C@@H]1OC[C@H]2c1ccccc1. The van der Waals surface area contributed by atoms with Crippen LogP contribution in [0.15, 0.2) is 30.3 Å². The lowest BCUT2D eigenvalue weighted by Crippen LogP contribution is -2.49. The molecule has 0 spiro atoms. The Balaban J connectivity index is 1.90. The fourth-order valence-corrected chi connectivity index (χ4v) is 3.52. The lowest BCUT2D eigenvalue weighted by atomic mass is 9.83. The number of carbonyl (C=O) groups excluding carboxylic acids is 1. The van der Waals surface area contributed by atoms with E-state index in [0.717, 1.165) is 6.42 Å². The number of hydrogen-bond donors (Lipinski definition) is 0. The van der Waals surface area contributed by atoms with Gasteiger partial charge >= 0.3 is 0 Å². The maximum Gasteiger partial charge on any atom is 0.225 e. The fourth-order valence-electron chi connectivity index (χ4n) is 3.52. The molecule has 2 fully saturated rings. The number of carbonyl (C=O) groups is 1. The Morgan fingerprint density at radius 3 is 2.74 bits per heavy atom. The molecule has 3 nitrogen and oxygen atoms in total. The monoisotopic (exact) mass is 259 g/mol. The number of benzene rings is 1. The van der Waals surface area contributed by atoms with Crippen LogP contribution in [0, 0.1) is 11.8 Å². The first-order valence-corrected chi connectivity index (χ1v) is 7.20. The van der Waals surface area contributed by atoms with E-state index in [4.69, 9.17) is 4.74 Å². The first-order chi connectivity index (χ1) is 9.22. The van der Waals surface area contributed by atoms with Gasteiger partial charge in [-0.05, 0) is 17.9 Å². The Labute approximate surface area is 114 Å². The summed E-state index contributed by atoms with van der Waals surface area (Å²) in [6.07, 6.45) is 1.70. The topological polar surface area (TPSA) is 29.5 Å². The zero-order valence-electron chi connectivity index (χ0n) is 11.6. The Morgan fingerprint density at radius 2 is 2.05 bits per heavy atom. The van der Waals surface area contributed by atoms with Crippen LogP contribution in [0.1, 0.15) is 38.3 Å². The number of nitrogens with zero attached hydrogens (tertiary/aromatic N) is 1. The van der Waals surface area contributed by atoms with Crippen molar-refractivity contribution >= 4 is 5.91 Å². The molecule has 1 aromatic rings. The molecule has 2 aliphatic heterocycles. The van der Waals surface area contributed by atoms with Crippen molar-refractivity contribution in [1.82, 2.24) is 4.90 Å². The molecule has 1 amide bonds. The highest BCUT2D eigenvalue weighted by Gasteiger charge is 2.47. The summed E-state index contributed by atoms with van der Waals surface area (Å²) < 4.78 is 5.97. The third kappa shape index (κ3) is 2.06. The van der Waals surface area contributed by atoms with E-state index in [-0.39, 0.29) is 18.2 Å². The molecular weight excluding hydrogens is 238 g/mol. The van der Waals surface area contributed by atoms with Gasteiger partial charge in [-0.2, -0.15) is 0 Å². The van der Waals surface area contributed by atoms with Crippen LogP contribution in [0.4, 0.5) is 0 Å². The van der Waals surface area contributed by atoms with Gasteiger partial charge in [-0.25, -0.2) is 0 Å². The quantitative estimate of drug-likeness (QED) is 0.817. The maximum absolute atomic E-state index is 12.4. The van der Waals surface area contributed by atoms with E-state index in [0.29, 0.717) is 24.9 Å². The molecule has 3 rings (SSSR count). The van der Waals surface area contributed by atoms with Gasteiger partial charge in [0.2, 0.25) is 5.91 Å². The van der Waals surface area contributed by atoms with Gasteiger partial charge in [0, 0.05) is 12.3 Å². The van der Waals surface area contributed by atoms with E-state index in [1.165, 1.54) is 5.56 Å². The summed E-state index contributed by atoms with van der Waals surface area (Å²) in [6.45, 7) is 4.99. The standard InChI is InChI=1S/C16H21NO2/c1-3-13-11(2)9-15(18)17-14(10-19-16(13)17)12-7-5-4-6-8-12/h4-8,11,13-14,16H,3,9-10H2,1-2H3/t11-,13+,14+,16-/m1/s1. The predicted molar refractivity (Wildman–Crippen MR) is 73.3 cm³/mol. The number of rotatable bonds is 2. The predicted octanol–water partition coefficient (Wildman–Crippen LogP) is 2.98. The first kappa shape index (κ1) is 12.7.